The van der Waals surface area contributed by atoms with Gasteiger partial charge in [0.05, 0.1) is 13.4 Å². The fraction of sp³-hybridized carbons (Fsp3) is 0.889. The van der Waals surface area contributed by atoms with Crippen molar-refractivity contribution in [1.29, 1.82) is 0 Å². The van der Waals surface area contributed by atoms with E-state index < -0.39 is 10.0 Å². The third-order valence-electron chi connectivity index (χ3n) is 2.60. The van der Waals surface area contributed by atoms with Gasteiger partial charge in [-0.05, 0) is 0 Å². The number of ether oxygens (including phenoxy) is 1. The van der Waals surface area contributed by atoms with Crippen LogP contribution < -0.4 is 4.72 Å². The molecule has 0 atom stereocenters. The minimum Gasteiger partial charge on any atom is -0.453 e. The van der Waals surface area contributed by atoms with Gasteiger partial charge in [0.25, 0.3) is 0 Å². The molecule has 0 aromatic heterocycles. The van der Waals surface area contributed by atoms with E-state index in [-0.39, 0.29) is 6.09 Å². The SMILES string of the molecule is COC(=O)N1CCN(CCNS(C)(=O)=O)CC1. The third-order valence-corrected chi connectivity index (χ3v) is 3.33. The van der Waals surface area contributed by atoms with Crippen LogP contribution in [0.3, 0.4) is 0 Å². The molecule has 1 N–H and O–H groups in total. The third kappa shape index (κ3) is 5.33. The summed E-state index contributed by atoms with van der Waals surface area (Å²) >= 11 is 0. The zero-order chi connectivity index (χ0) is 12.9. The van der Waals surface area contributed by atoms with Gasteiger partial charge in [0.1, 0.15) is 0 Å². The van der Waals surface area contributed by atoms with Gasteiger partial charge in [-0.15, -0.1) is 0 Å². The van der Waals surface area contributed by atoms with Crippen molar-refractivity contribution < 1.29 is 17.9 Å². The van der Waals surface area contributed by atoms with Gasteiger partial charge < -0.3 is 9.64 Å². The van der Waals surface area contributed by atoms with Crippen LogP contribution in [0.1, 0.15) is 0 Å². The van der Waals surface area contributed by atoms with Crippen LogP contribution in [-0.4, -0.2) is 76.9 Å². The van der Waals surface area contributed by atoms with Crippen molar-refractivity contribution in [3.8, 4) is 0 Å². The van der Waals surface area contributed by atoms with Gasteiger partial charge >= 0.3 is 6.09 Å². The van der Waals surface area contributed by atoms with Crippen LogP contribution >= 0.6 is 0 Å². The van der Waals surface area contributed by atoms with E-state index in [9.17, 15) is 13.2 Å². The maximum Gasteiger partial charge on any atom is 0.409 e. The molecule has 7 nitrogen and oxygen atoms in total. The lowest BCUT2D eigenvalue weighted by atomic mass is 10.3. The van der Waals surface area contributed by atoms with Crippen LogP contribution in [0.4, 0.5) is 4.79 Å². The van der Waals surface area contributed by atoms with Gasteiger partial charge in [-0.1, -0.05) is 0 Å². The highest BCUT2D eigenvalue weighted by molar-refractivity contribution is 7.88. The van der Waals surface area contributed by atoms with E-state index in [0.29, 0.717) is 26.2 Å². The Labute approximate surface area is 102 Å². The van der Waals surface area contributed by atoms with Crippen molar-refractivity contribution in [2.75, 3.05) is 52.6 Å². The van der Waals surface area contributed by atoms with E-state index in [0.717, 1.165) is 19.3 Å². The Kier molecular flexibility index (Phi) is 5.16. The highest BCUT2D eigenvalue weighted by Gasteiger charge is 2.20. The van der Waals surface area contributed by atoms with Gasteiger partial charge in [0, 0.05) is 39.3 Å². The normalized spacial score (nSPS) is 18.1. The number of methoxy groups -OCH3 is 1. The first-order valence-corrected chi connectivity index (χ1v) is 7.31. The largest absolute Gasteiger partial charge is 0.453 e. The predicted octanol–water partition coefficient (Wildman–Crippen LogP) is -1.08. The zero-order valence-corrected chi connectivity index (χ0v) is 11.0. The highest BCUT2D eigenvalue weighted by Crippen LogP contribution is 2.02. The maximum atomic E-state index is 11.2. The first-order chi connectivity index (χ1) is 7.92. The van der Waals surface area contributed by atoms with Crippen LogP contribution in [0.5, 0.6) is 0 Å². The van der Waals surface area contributed by atoms with Crippen molar-refractivity contribution >= 4 is 16.1 Å². The minimum atomic E-state index is -3.11. The van der Waals surface area contributed by atoms with E-state index in [2.05, 4.69) is 14.4 Å². The Morgan fingerprint density at radius 2 is 1.88 bits per heavy atom. The molecule has 0 aliphatic carbocycles. The van der Waals surface area contributed by atoms with Crippen molar-refractivity contribution in [3.63, 3.8) is 0 Å². The number of piperazine rings is 1. The molecule has 0 radical (unpaired) electrons. The average Bonchev–Trinajstić information content (AvgIpc) is 2.27. The van der Waals surface area contributed by atoms with Crippen LogP contribution in [0, 0.1) is 0 Å². The number of nitrogens with one attached hydrogen (secondary N) is 1. The van der Waals surface area contributed by atoms with E-state index in [1.165, 1.54) is 7.11 Å². The van der Waals surface area contributed by atoms with Gasteiger partial charge in [0.2, 0.25) is 10.0 Å². The molecule has 8 heteroatoms. The number of carbonyl (C=O) groups is 1. The number of hydrogen-bond donors (Lipinski definition) is 1. The number of nitrogens with zero attached hydrogens (tertiary/aromatic N) is 2. The molecule has 1 rings (SSSR count). The van der Waals surface area contributed by atoms with E-state index in [1.54, 1.807) is 4.90 Å². The first kappa shape index (κ1) is 14.2. The van der Waals surface area contributed by atoms with E-state index in [4.69, 9.17) is 0 Å². The molecule has 0 saturated carbocycles. The first-order valence-electron chi connectivity index (χ1n) is 5.42. The molecule has 1 amide bonds. The summed E-state index contributed by atoms with van der Waals surface area (Å²) in [6, 6.07) is 0. The second kappa shape index (κ2) is 6.18. The standard InChI is InChI=1S/C9H19N3O4S/c1-16-9(13)12-7-5-11(6-8-12)4-3-10-17(2,14)15/h10H,3-8H2,1-2H3. The lowest BCUT2D eigenvalue weighted by Gasteiger charge is -2.33. The Morgan fingerprint density at radius 1 is 1.29 bits per heavy atom. The van der Waals surface area contributed by atoms with E-state index in [1.807, 2.05) is 0 Å². The van der Waals surface area contributed by atoms with Gasteiger partial charge in [-0.2, -0.15) is 0 Å². The minimum absolute atomic E-state index is 0.307. The molecule has 1 heterocycles. The van der Waals surface area contributed by atoms with Crippen molar-refractivity contribution in [2.45, 2.75) is 0 Å². The summed E-state index contributed by atoms with van der Waals surface area (Å²) < 4.78 is 28.8. The molecule has 0 aromatic carbocycles. The molecule has 1 aliphatic heterocycles. The summed E-state index contributed by atoms with van der Waals surface area (Å²) in [5.74, 6) is 0. The number of hydrogen-bond acceptors (Lipinski definition) is 5. The van der Waals surface area contributed by atoms with Crippen molar-refractivity contribution in [1.82, 2.24) is 14.5 Å². The topological polar surface area (TPSA) is 79.0 Å². The number of amides is 1. The highest BCUT2D eigenvalue weighted by atomic mass is 32.2. The summed E-state index contributed by atoms with van der Waals surface area (Å²) in [5.41, 5.74) is 0. The maximum absolute atomic E-state index is 11.2. The molecule has 1 aliphatic rings. The number of sulfonamides is 1. The monoisotopic (exact) mass is 265 g/mol. The molecule has 1 saturated heterocycles. The fourth-order valence-corrected chi connectivity index (χ4v) is 2.13. The summed E-state index contributed by atoms with van der Waals surface area (Å²) in [7, 11) is -1.75. The van der Waals surface area contributed by atoms with Crippen LogP contribution in [0.2, 0.25) is 0 Å². The van der Waals surface area contributed by atoms with E-state index >= 15 is 0 Å². The summed E-state index contributed by atoms with van der Waals surface area (Å²) in [6.45, 7) is 3.76. The second-order valence-corrected chi connectivity index (χ2v) is 5.80. The van der Waals surface area contributed by atoms with Gasteiger partial charge in [-0.3, -0.25) is 4.90 Å². The molecule has 0 spiro atoms. The second-order valence-electron chi connectivity index (χ2n) is 3.97. The Hall–Kier alpha value is -0.860. The lowest BCUT2D eigenvalue weighted by molar-refractivity contribution is 0.0918. The van der Waals surface area contributed by atoms with Crippen molar-refractivity contribution in [2.24, 2.45) is 0 Å². The number of rotatable bonds is 4. The van der Waals surface area contributed by atoms with Gasteiger partial charge in [0.15, 0.2) is 0 Å². The Bertz CT molecular complexity index is 349. The van der Waals surface area contributed by atoms with Gasteiger partial charge in [-0.25, -0.2) is 17.9 Å². The van der Waals surface area contributed by atoms with Crippen molar-refractivity contribution in [3.05, 3.63) is 0 Å². The fourth-order valence-electron chi connectivity index (χ4n) is 1.67. The Balaban J connectivity index is 2.21. The molecule has 100 valence electrons. The molecule has 0 bridgehead atoms. The molecule has 0 aromatic rings. The smallest absolute Gasteiger partial charge is 0.409 e. The number of carbonyl (C=O) groups excluding carboxylic acids is 1. The van der Waals surface area contributed by atoms with Crippen LogP contribution in [0.25, 0.3) is 0 Å². The summed E-state index contributed by atoms with van der Waals surface area (Å²) in [6.07, 6.45) is 0.835. The summed E-state index contributed by atoms with van der Waals surface area (Å²) in [5, 5.41) is 0. The summed E-state index contributed by atoms with van der Waals surface area (Å²) in [4.78, 5) is 15.0. The lowest BCUT2D eigenvalue weighted by Crippen LogP contribution is -2.50. The average molecular weight is 265 g/mol. The zero-order valence-electron chi connectivity index (χ0n) is 10.2. The molecular formula is C9H19N3O4S. The Morgan fingerprint density at radius 3 is 2.35 bits per heavy atom. The molecule has 0 unspecified atom stereocenters. The predicted molar refractivity (Wildman–Crippen MR) is 63.3 cm³/mol. The van der Waals surface area contributed by atoms with Crippen LogP contribution in [0.15, 0.2) is 0 Å². The molecule has 17 heavy (non-hydrogen) atoms. The van der Waals surface area contributed by atoms with Crippen LogP contribution in [-0.2, 0) is 14.8 Å². The molecular weight excluding hydrogens is 246 g/mol. The quantitative estimate of drug-likeness (QED) is 0.699. The molecule has 1 fully saturated rings.